The van der Waals surface area contributed by atoms with Crippen LogP contribution in [0.1, 0.15) is 63.6 Å². The molecule has 1 aromatic heterocycles. The average Bonchev–Trinajstić information content (AvgIpc) is 2.91. The SMILES string of the molecule is COC(=O)c1cc(/C=C/C(C)(C)C)nn1CC1=C(C)CCC=C1C. The number of methoxy groups -OCH3 is 1. The molecule has 0 unspecified atom stereocenters. The summed E-state index contributed by atoms with van der Waals surface area (Å²) in [5.74, 6) is -0.353. The van der Waals surface area contributed by atoms with Gasteiger partial charge in [0.2, 0.25) is 0 Å². The lowest BCUT2D eigenvalue weighted by Gasteiger charge is -2.18. The van der Waals surface area contributed by atoms with Crippen molar-refractivity contribution in [2.24, 2.45) is 5.41 Å². The number of hydrogen-bond acceptors (Lipinski definition) is 3. The summed E-state index contributed by atoms with van der Waals surface area (Å²) < 4.78 is 6.68. The molecule has 0 spiro atoms. The quantitative estimate of drug-likeness (QED) is 0.747. The topological polar surface area (TPSA) is 44.1 Å². The maximum Gasteiger partial charge on any atom is 0.356 e. The van der Waals surface area contributed by atoms with Crippen molar-refractivity contribution in [3.8, 4) is 0 Å². The number of allylic oxidation sites excluding steroid dienone is 5. The Hall–Kier alpha value is -2.10. The van der Waals surface area contributed by atoms with Crippen molar-refractivity contribution < 1.29 is 9.53 Å². The molecule has 0 fully saturated rings. The number of carbonyl (C=O) groups is 1. The van der Waals surface area contributed by atoms with Gasteiger partial charge < -0.3 is 4.74 Å². The fraction of sp³-hybridized carbons (Fsp3) is 0.500. The second-order valence-electron chi connectivity index (χ2n) is 7.49. The van der Waals surface area contributed by atoms with Gasteiger partial charge in [-0.25, -0.2) is 4.79 Å². The van der Waals surface area contributed by atoms with Crippen LogP contribution in [0.2, 0.25) is 0 Å². The molecule has 4 heteroatoms. The molecular weight excluding hydrogens is 300 g/mol. The molecule has 2 rings (SSSR count). The molecule has 0 aromatic carbocycles. The molecule has 1 heterocycles. The molecule has 0 radical (unpaired) electrons. The van der Waals surface area contributed by atoms with Gasteiger partial charge in [-0.2, -0.15) is 5.10 Å². The predicted octanol–water partition coefficient (Wildman–Crippen LogP) is 4.79. The molecule has 0 saturated carbocycles. The highest BCUT2D eigenvalue weighted by Gasteiger charge is 2.18. The van der Waals surface area contributed by atoms with Gasteiger partial charge in [-0.3, -0.25) is 4.68 Å². The minimum atomic E-state index is -0.353. The van der Waals surface area contributed by atoms with E-state index in [0.717, 1.165) is 18.5 Å². The number of esters is 1. The predicted molar refractivity (Wildman–Crippen MR) is 97.7 cm³/mol. The highest BCUT2D eigenvalue weighted by atomic mass is 16.5. The third kappa shape index (κ3) is 4.47. The van der Waals surface area contributed by atoms with Gasteiger partial charge in [0, 0.05) is 0 Å². The Morgan fingerprint density at radius 3 is 2.67 bits per heavy atom. The van der Waals surface area contributed by atoms with Gasteiger partial charge >= 0.3 is 5.97 Å². The Kier molecular flexibility index (Phi) is 5.47. The van der Waals surface area contributed by atoms with Gasteiger partial charge in [-0.05, 0) is 49.8 Å². The van der Waals surface area contributed by atoms with Crippen molar-refractivity contribution in [2.75, 3.05) is 7.11 Å². The van der Waals surface area contributed by atoms with Crippen LogP contribution in [0.3, 0.4) is 0 Å². The van der Waals surface area contributed by atoms with Gasteiger partial charge in [-0.1, -0.05) is 44.1 Å². The zero-order valence-electron chi connectivity index (χ0n) is 15.6. The molecule has 0 aliphatic heterocycles. The molecule has 0 bridgehead atoms. The molecular formula is C20H28N2O2. The highest BCUT2D eigenvalue weighted by molar-refractivity contribution is 5.88. The van der Waals surface area contributed by atoms with E-state index in [2.05, 4.69) is 51.9 Å². The van der Waals surface area contributed by atoms with Gasteiger partial charge in [0.25, 0.3) is 0 Å². The van der Waals surface area contributed by atoms with E-state index < -0.39 is 0 Å². The normalized spacial score (nSPS) is 15.8. The first-order valence-corrected chi connectivity index (χ1v) is 8.42. The van der Waals surface area contributed by atoms with Crippen LogP contribution in [0.15, 0.2) is 34.9 Å². The van der Waals surface area contributed by atoms with Crippen LogP contribution in [0.25, 0.3) is 6.08 Å². The van der Waals surface area contributed by atoms with Crippen LogP contribution < -0.4 is 0 Å². The minimum Gasteiger partial charge on any atom is -0.464 e. The summed E-state index contributed by atoms with van der Waals surface area (Å²) in [7, 11) is 1.40. The zero-order valence-corrected chi connectivity index (χ0v) is 15.6. The summed E-state index contributed by atoms with van der Waals surface area (Å²) in [6.07, 6.45) is 8.47. The van der Waals surface area contributed by atoms with E-state index in [9.17, 15) is 4.79 Å². The first kappa shape index (κ1) is 18.2. The molecule has 1 aromatic rings. The van der Waals surface area contributed by atoms with E-state index >= 15 is 0 Å². The van der Waals surface area contributed by atoms with Gasteiger partial charge in [0.15, 0.2) is 0 Å². The Morgan fingerprint density at radius 1 is 1.38 bits per heavy atom. The lowest BCUT2D eigenvalue weighted by molar-refractivity contribution is 0.0587. The van der Waals surface area contributed by atoms with E-state index in [1.807, 2.05) is 6.08 Å². The van der Waals surface area contributed by atoms with Crippen molar-refractivity contribution in [1.29, 1.82) is 0 Å². The van der Waals surface area contributed by atoms with Crippen molar-refractivity contribution in [1.82, 2.24) is 9.78 Å². The standard InChI is InChI=1S/C20H28N2O2/c1-14-8-7-9-15(2)17(14)13-22-18(19(23)24-6)12-16(21-22)10-11-20(3,4)5/h8,10-12H,7,9,13H2,1-6H3/b11-10+. The molecule has 0 saturated heterocycles. The van der Waals surface area contributed by atoms with E-state index in [4.69, 9.17) is 4.74 Å². The lowest BCUT2D eigenvalue weighted by atomic mass is 9.92. The van der Waals surface area contributed by atoms with Gasteiger partial charge in [0.1, 0.15) is 5.69 Å². The number of carbonyl (C=O) groups excluding carboxylic acids is 1. The van der Waals surface area contributed by atoms with E-state index in [-0.39, 0.29) is 11.4 Å². The van der Waals surface area contributed by atoms with Gasteiger partial charge in [-0.15, -0.1) is 0 Å². The van der Waals surface area contributed by atoms with Crippen LogP contribution in [0.5, 0.6) is 0 Å². The second-order valence-corrected chi connectivity index (χ2v) is 7.49. The number of nitrogens with zero attached hydrogens (tertiary/aromatic N) is 2. The molecule has 0 atom stereocenters. The Morgan fingerprint density at radius 2 is 2.08 bits per heavy atom. The summed E-state index contributed by atoms with van der Waals surface area (Å²) in [4.78, 5) is 12.1. The van der Waals surface area contributed by atoms with E-state index in [0.29, 0.717) is 12.2 Å². The van der Waals surface area contributed by atoms with E-state index in [1.54, 1.807) is 10.7 Å². The van der Waals surface area contributed by atoms with Crippen LogP contribution in [-0.2, 0) is 11.3 Å². The maximum absolute atomic E-state index is 12.1. The highest BCUT2D eigenvalue weighted by Crippen LogP contribution is 2.26. The second kappa shape index (κ2) is 7.20. The van der Waals surface area contributed by atoms with Crippen molar-refractivity contribution in [2.45, 2.75) is 54.0 Å². The van der Waals surface area contributed by atoms with E-state index in [1.165, 1.54) is 23.8 Å². The smallest absolute Gasteiger partial charge is 0.356 e. The van der Waals surface area contributed by atoms with Crippen molar-refractivity contribution in [3.05, 3.63) is 46.3 Å². The Balaban J connectivity index is 2.37. The maximum atomic E-state index is 12.1. The summed E-state index contributed by atoms with van der Waals surface area (Å²) in [6, 6.07) is 1.80. The Labute approximate surface area is 144 Å². The fourth-order valence-corrected chi connectivity index (χ4v) is 2.77. The number of hydrogen-bond donors (Lipinski definition) is 0. The van der Waals surface area contributed by atoms with Crippen molar-refractivity contribution >= 4 is 12.0 Å². The molecule has 130 valence electrons. The monoisotopic (exact) mass is 328 g/mol. The van der Waals surface area contributed by atoms with Crippen molar-refractivity contribution in [3.63, 3.8) is 0 Å². The lowest BCUT2D eigenvalue weighted by Crippen LogP contribution is -2.15. The molecule has 1 aliphatic rings. The first-order chi connectivity index (χ1) is 11.2. The van der Waals surface area contributed by atoms with Crippen LogP contribution in [-0.4, -0.2) is 22.9 Å². The third-order valence-corrected chi connectivity index (χ3v) is 4.22. The molecule has 0 amide bonds. The fourth-order valence-electron chi connectivity index (χ4n) is 2.77. The summed E-state index contributed by atoms with van der Waals surface area (Å²) in [5, 5.41) is 4.61. The minimum absolute atomic E-state index is 0.0665. The van der Waals surface area contributed by atoms with Crippen LogP contribution in [0, 0.1) is 5.41 Å². The van der Waals surface area contributed by atoms with Crippen LogP contribution >= 0.6 is 0 Å². The molecule has 4 nitrogen and oxygen atoms in total. The number of aromatic nitrogens is 2. The number of ether oxygens (including phenoxy) is 1. The summed E-state index contributed by atoms with van der Waals surface area (Å²) in [5.41, 5.74) is 5.24. The number of rotatable bonds is 4. The zero-order chi connectivity index (χ0) is 17.9. The van der Waals surface area contributed by atoms with Gasteiger partial charge in [0.05, 0.1) is 19.3 Å². The summed E-state index contributed by atoms with van der Waals surface area (Å²) >= 11 is 0. The molecule has 24 heavy (non-hydrogen) atoms. The largest absolute Gasteiger partial charge is 0.464 e. The summed E-state index contributed by atoms with van der Waals surface area (Å²) in [6.45, 7) is 11.3. The first-order valence-electron chi connectivity index (χ1n) is 8.42. The average molecular weight is 328 g/mol. The third-order valence-electron chi connectivity index (χ3n) is 4.22. The van der Waals surface area contributed by atoms with Crippen LogP contribution in [0.4, 0.5) is 0 Å². The molecule has 1 aliphatic carbocycles. The molecule has 0 N–H and O–H groups in total. The Bertz CT molecular complexity index is 712.